The largest absolute Gasteiger partial charge is 0.458 e. The second-order valence-electron chi connectivity index (χ2n) is 8.88. The number of fused-ring (bicyclic) bond motifs is 1. The van der Waals surface area contributed by atoms with Gasteiger partial charge in [-0.15, -0.1) is 0 Å². The summed E-state index contributed by atoms with van der Waals surface area (Å²) in [6, 6.07) is 9.62. The van der Waals surface area contributed by atoms with E-state index in [0.717, 1.165) is 36.7 Å². The van der Waals surface area contributed by atoms with E-state index in [-0.39, 0.29) is 29.3 Å². The molecule has 0 heterocycles. The van der Waals surface area contributed by atoms with Gasteiger partial charge in [-0.3, -0.25) is 0 Å². The predicted molar refractivity (Wildman–Crippen MR) is 107 cm³/mol. The van der Waals surface area contributed by atoms with Gasteiger partial charge in [-0.1, -0.05) is 69.7 Å². The van der Waals surface area contributed by atoms with Crippen LogP contribution in [0.2, 0.25) is 0 Å². The Hall–Kier alpha value is -2.16. The van der Waals surface area contributed by atoms with Crippen LogP contribution in [0.1, 0.15) is 52.0 Å². The lowest BCUT2D eigenvalue weighted by atomic mass is 9.49. The summed E-state index contributed by atoms with van der Waals surface area (Å²) in [6.07, 6.45) is 10.9. The van der Waals surface area contributed by atoms with Crippen molar-refractivity contribution >= 4 is 12.3 Å². The monoisotopic (exact) mass is 366 g/mol. The number of carbonyl (C=O) groups is 2. The maximum Gasteiger partial charge on any atom is 0.331 e. The second kappa shape index (κ2) is 7.84. The van der Waals surface area contributed by atoms with Crippen LogP contribution in [-0.2, 0) is 20.9 Å². The molecule has 1 aromatic carbocycles. The summed E-state index contributed by atoms with van der Waals surface area (Å²) in [7, 11) is 0. The number of hydrogen-bond acceptors (Lipinski definition) is 3. The van der Waals surface area contributed by atoms with Gasteiger partial charge in [-0.2, -0.15) is 0 Å². The smallest absolute Gasteiger partial charge is 0.331 e. The van der Waals surface area contributed by atoms with Crippen molar-refractivity contribution in [2.24, 2.45) is 22.7 Å². The van der Waals surface area contributed by atoms with Gasteiger partial charge in [-0.25, -0.2) is 4.79 Å². The molecule has 1 aromatic rings. The molecule has 0 bridgehead atoms. The van der Waals surface area contributed by atoms with Crippen LogP contribution in [0.15, 0.2) is 54.1 Å². The third kappa shape index (κ3) is 4.07. The molecule has 3 rings (SSSR count). The molecule has 0 N–H and O–H groups in total. The van der Waals surface area contributed by atoms with Crippen molar-refractivity contribution in [3.05, 3.63) is 59.7 Å². The summed E-state index contributed by atoms with van der Waals surface area (Å²) in [5.41, 5.74) is 2.13. The number of esters is 1. The highest BCUT2D eigenvalue weighted by Crippen LogP contribution is 2.59. The first-order chi connectivity index (χ1) is 12.9. The number of rotatable bonds is 5. The normalized spacial score (nSPS) is 29.7. The van der Waals surface area contributed by atoms with Crippen LogP contribution >= 0.6 is 0 Å². The van der Waals surface area contributed by atoms with Crippen LogP contribution in [0.25, 0.3) is 0 Å². The molecule has 3 nitrogen and oxygen atoms in total. The van der Waals surface area contributed by atoms with Crippen molar-refractivity contribution in [3.8, 4) is 0 Å². The van der Waals surface area contributed by atoms with E-state index in [0.29, 0.717) is 5.92 Å². The van der Waals surface area contributed by atoms with Crippen LogP contribution in [0.4, 0.5) is 0 Å². The molecule has 0 amide bonds. The highest BCUT2D eigenvalue weighted by atomic mass is 16.5. The summed E-state index contributed by atoms with van der Waals surface area (Å²) in [5.74, 6) is -0.0363. The fraction of sp³-hybridized carbons (Fsp3) is 0.500. The van der Waals surface area contributed by atoms with Crippen molar-refractivity contribution in [2.75, 3.05) is 0 Å². The Morgan fingerprint density at radius 3 is 2.63 bits per heavy atom. The maximum absolute atomic E-state index is 12.1. The molecule has 144 valence electrons. The number of hydrogen-bond donors (Lipinski definition) is 0. The van der Waals surface area contributed by atoms with Crippen LogP contribution in [0.5, 0.6) is 0 Å². The van der Waals surface area contributed by atoms with Gasteiger partial charge in [0, 0.05) is 12.0 Å². The lowest BCUT2D eigenvalue weighted by Crippen LogP contribution is -2.49. The van der Waals surface area contributed by atoms with Crippen molar-refractivity contribution < 1.29 is 14.3 Å². The lowest BCUT2D eigenvalue weighted by Gasteiger charge is -2.55. The average molecular weight is 367 g/mol. The molecule has 1 fully saturated rings. The van der Waals surface area contributed by atoms with Crippen LogP contribution in [0.3, 0.4) is 0 Å². The molecule has 3 atom stereocenters. The van der Waals surface area contributed by atoms with E-state index < -0.39 is 0 Å². The highest BCUT2D eigenvalue weighted by Gasteiger charge is 2.52. The molecule has 0 radical (unpaired) electrons. The Kier molecular flexibility index (Phi) is 5.69. The molecule has 1 saturated carbocycles. The van der Waals surface area contributed by atoms with E-state index in [4.69, 9.17) is 4.74 Å². The zero-order valence-electron chi connectivity index (χ0n) is 16.6. The van der Waals surface area contributed by atoms with Crippen molar-refractivity contribution in [2.45, 2.75) is 53.1 Å². The molecule has 0 unspecified atom stereocenters. The van der Waals surface area contributed by atoms with E-state index in [1.54, 1.807) is 6.08 Å². The number of ether oxygens (including phenoxy) is 1. The Bertz CT molecular complexity index is 744. The summed E-state index contributed by atoms with van der Waals surface area (Å²) >= 11 is 0. The first kappa shape index (κ1) is 19.6. The van der Waals surface area contributed by atoms with Gasteiger partial charge in [0.2, 0.25) is 0 Å². The Morgan fingerprint density at radius 1 is 1.19 bits per heavy atom. The maximum atomic E-state index is 12.1. The van der Waals surface area contributed by atoms with E-state index in [1.165, 1.54) is 12.5 Å². The number of benzene rings is 1. The van der Waals surface area contributed by atoms with Gasteiger partial charge >= 0.3 is 5.97 Å². The third-order valence-electron chi connectivity index (χ3n) is 6.71. The van der Waals surface area contributed by atoms with E-state index in [9.17, 15) is 9.59 Å². The van der Waals surface area contributed by atoms with Gasteiger partial charge in [0.15, 0.2) is 0 Å². The number of carbonyl (C=O) groups excluding carboxylic acids is 2. The molecule has 2 aliphatic carbocycles. The molecule has 2 aliphatic rings. The topological polar surface area (TPSA) is 43.4 Å². The van der Waals surface area contributed by atoms with E-state index >= 15 is 0 Å². The van der Waals surface area contributed by atoms with Gasteiger partial charge in [0.05, 0.1) is 0 Å². The van der Waals surface area contributed by atoms with Crippen LogP contribution < -0.4 is 0 Å². The molecule has 0 spiro atoms. The van der Waals surface area contributed by atoms with Crippen molar-refractivity contribution in [1.29, 1.82) is 0 Å². The highest BCUT2D eigenvalue weighted by molar-refractivity contribution is 5.83. The molecule has 3 heteroatoms. The van der Waals surface area contributed by atoms with Crippen molar-refractivity contribution in [1.82, 2.24) is 0 Å². The minimum absolute atomic E-state index is 0.0358. The van der Waals surface area contributed by atoms with Gasteiger partial charge < -0.3 is 9.53 Å². The number of aldehydes is 1. The minimum atomic E-state index is -0.374. The molecular weight excluding hydrogens is 336 g/mol. The zero-order chi connectivity index (χ0) is 19.5. The van der Waals surface area contributed by atoms with E-state index in [2.05, 4.69) is 26.8 Å². The minimum Gasteiger partial charge on any atom is -0.458 e. The third-order valence-corrected chi connectivity index (χ3v) is 6.71. The lowest BCUT2D eigenvalue weighted by molar-refractivity contribution is -0.139. The van der Waals surface area contributed by atoms with Gasteiger partial charge in [0.1, 0.15) is 12.9 Å². The van der Waals surface area contributed by atoms with Gasteiger partial charge in [0.25, 0.3) is 0 Å². The first-order valence-corrected chi connectivity index (χ1v) is 9.91. The SMILES string of the molecule is CC1(C)CCC[C@]2(C)[C@@H](C=O)C(/C=C/C(=O)OCc3ccccc3)=CC[C@@H]12. The fourth-order valence-electron chi connectivity index (χ4n) is 5.23. The number of allylic oxidation sites excluding steroid dienone is 3. The quantitative estimate of drug-likeness (QED) is 0.405. The molecule has 0 aromatic heterocycles. The Labute approximate surface area is 162 Å². The molecule has 0 aliphatic heterocycles. The van der Waals surface area contributed by atoms with Crippen molar-refractivity contribution in [3.63, 3.8) is 0 Å². The first-order valence-electron chi connectivity index (χ1n) is 9.91. The zero-order valence-corrected chi connectivity index (χ0v) is 16.6. The summed E-state index contributed by atoms with van der Waals surface area (Å²) < 4.78 is 5.31. The summed E-state index contributed by atoms with van der Waals surface area (Å²) in [6.45, 7) is 7.17. The average Bonchev–Trinajstić information content (AvgIpc) is 2.64. The molecular formula is C24H30O3. The fourth-order valence-corrected chi connectivity index (χ4v) is 5.23. The summed E-state index contributed by atoms with van der Waals surface area (Å²) in [5, 5.41) is 0. The van der Waals surface area contributed by atoms with Crippen LogP contribution in [0, 0.1) is 22.7 Å². The van der Waals surface area contributed by atoms with Crippen LogP contribution in [-0.4, -0.2) is 12.3 Å². The molecule has 0 saturated heterocycles. The predicted octanol–water partition coefficient (Wildman–Crippen LogP) is 5.26. The molecule has 27 heavy (non-hydrogen) atoms. The summed E-state index contributed by atoms with van der Waals surface area (Å²) in [4.78, 5) is 24.1. The second-order valence-corrected chi connectivity index (χ2v) is 8.88. The van der Waals surface area contributed by atoms with E-state index in [1.807, 2.05) is 30.3 Å². The Balaban J connectivity index is 1.70. The Morgan fingerprint density at radius 2 is 1.93 bits per heavy atom. The van der Waals surface area contributed by atoms with Gasteiger partial charge in [-0.05, 0) is 47.1 Å². The standard InChI is InChI=1S/C24H30O3/c1-23(2)14-7-15-24(3)20(16-25)19(10-12-21(23)24)11-13-22(26)27-17-18-8-5-4-6-9-18/h4-6,8-11,13,16,20-21H,7,12,14-15,17H2,1-3H3/b13-11+/t20-,21-,24+/m0/s1.